The van der Waals surface area contributed by atoms with Crippen molar-refractivity contribution in [2.45, 2.75) is 143 Å². The predicted octanol–water partition coefficient (Wildman–Crippen LogP) is 2.65. The largest absolute Gasteiger partial charge is 0.387 e. The van der Waals surface area contributed by atoms with E-state index in [0.717, 1.165) is 19.3 Å². The number of hydrogen-bond acceptors (Lipinski definition) is 6. The molecule has 202 valence electrons. The van der Waals surface area contributed by atoms with Crippen LogP contribution in [0.4, 0.5) is 0 Å². The summed E-state index contributed by atoms with van der Waals surface area (Å²) in [4.78, 5) is 25.0. The molecule has 4 atom stereocenters. The van der Waals surface area contributed by atoms with Gasteiger partial charge in [0.1, 0.15) is 12.2 Å². The lowest BCUT2D eigenvalue weighted by atomic mass is 9.67. The summed E-state index contributed by atoms with van der Waals surface area (Å²) in [6, 6.07) is 0. The Morgan fingerprint density at radius 1 is 0.647 bits per heavy atom. The molecule has 0 aromatic carbocycles. The molecule has 0 aliphatic rings. The van der Waals surface area contributed by atoms with Crippen LogP contribution >= 0.6 is 0 Å². The van der Waals surface area contributed by atoms with Crippen molar-refractivity contribution in [1.82, 2.24) is 10.6 Å². The third-order valence-corrected chi connectivity index (χ3v) is 7.51. The number of aliphatic hydroxyl groups is 4. The van der Waals surface area contributed by atoms with Crippen LogP contribution in [-0.2, 0) is 9.59 Å². The molecule has 0 aromatic heterocycles. The van der Waals surface area contributed by atoms with Crippen molar-refractivity contribution in [2.75, 3.05) is 0 Å². The number of aliphatic hydroxyl groups excluding tert-OH is 4. The normalized spacial score (nSPS) is 17.0. The number of carbonyl (C=O) groups excluding carboxylic acids is 2. The quantitative estimate of drug-likeness (QED) is 0.209. The van der Waals surface area contributed by atoms with E-state index in [1.165, 1.54) is 0 Å². The van der Waals surface area contributed by atoms with Crippen LogP contribution in [0.2, 0.25) is 0 Å². The first-order chi connectivity index (χ1) is 15.3. The van der Waals surface area contributed by atoms with Gasteiger partial charge in [-0.25, -0.2) is 0 Å². The van der Waals surface area contributed by atoms with E-state index in [-0.39, 0.29) is 10.8 Å². The fraction of sp³-hybridized carbons (Fsp3) is 0.923. The molecule has 6 N–H and O–H groups in total. The second-order valence-corrected chi connectivity index (χ2v) is 12.0. The Balaban J connectivity index is 5.21. The minimum atomic E-state index is -2.04. The SMILES string of the molecule is CCC(C)(CC)CC(C)(C)CC(C)(C)NC(=O)[C@@H](O)[C@H](O)[C@H](O)[C@@H](O)C(=O)NC(C)(CC)CC. The monoisotopic (exact) mass is 488 g/mol. The van der Waals surface area contributed by atoms with Gasteiger partial charge in [-0.15, -0.1) is 0 Å². The van der Waals surface area contributed by atoms with Gasteiger partial charge in [-0.1, -0.05) is 61.3 Å². The van der Waals surface area contributed by atoms with E-state index in [2.05, 4.69) is 45.3 Å². The van der Waals surface area contributed by atoms with Gasteiger partial charge in [0.15, 0.2) is 12.2 Å². The summed E-state index contributed by atoms with van der Waals surface area (Å²) < 4.78 is 0. The molecule has 34 heavy (non-hydrogen) atoms. The highest BCUT2D eigenvalue weighted by atomic mass is 16.4. The molecule has 0 heterocycles. The Hall–Kier alpha value is -1.22. The molecular formula is C26H52N2O6. The Morgan fingerprint density at radius 2 is 1.03 bits per heavy atom. The summed E-state index contributed by atoms with van der Waals surface area (Å²) in [5, 5.41) is 46.6. The van der Waals surface area contributed by atoms with Crippen LogP contribution in [0, 0.1) is 10.8 Å². The number of amides is 2. The molecule has 0 spiro atoms. The van der Waals surface area contributed by atoms with Crippen LogP contribution in [0.3, 0.4) is 0 Å². The number of nitrogens with one attached hydrogen (secondary N) is 2. The summed E-state index contributed by atoms with van der Waals surface area (Å²) in [6.07, 6.45) is -3.18. The van der Waals surface area contributed by atoms with Gasteiger partial charge in [-0.3, -0.25) is 9.59 Å². The van der Waals surface area contributed by atoms with Gasteiger partial charge in [0, 0.05) is 11.1 Å². The first-order valence-electron chi connectivity index (χ1n) is 12.7. The van der Waals surface area contributed by atoms with Gasteiger partial charge in [-0.2, -0.15) is 0 Å². The second kappa shape index (κ2) is 12.7. The molecule has 0 saturated heterocycles. The Kier molecular flexibility index (Phi) is 12.2. The summed E-state index contributed by atoms with van der Waals surface area (Å²) in [5.41, 5.74) is -1.19. The van der Waals surface area contributed by atoms with E-state index in [9.17, 15) is 30.0 Å². The van der Waals surface area contributed by atoms with E-state index in [1.54, 1.807) is 6.92 Å². The van der Waals surface area contributed by atoms with Gasteiger partial charge in [0.25, 0.3) is 11.8 Å². The molecule has 2 amide bonds. The van der Waals surface area contributed by atoms with E-state index in [1.807, 2.05) is 27.7 Å². The summed E-state index contributed by atoms with van der Waals surface area (Å²) >= 11 is 0. The second-order valence-electron chi connectivity index (χ2n) is 12.0. The maximum atomic E-state index is 12.7. The summed E-state index contributed by atoms with van der Waals surface area (Å²) in [7, 11) is 0. The molecule has 0 bridgehead atoms. The fourth-order valence-corrected chi connectivity index (χ4v) is 4.85. The van der Waals surface area contributed by atoms with Crippen LogP contribution in [0.15, 0.2) is 0 Å². The van der Waals surface area contributed by atoms with Crippen LogP contribution in [-0.4, -0.2) is 67.7 Å². The molecule has 8 heteroatoms. The van der Waals surface area contributed by atoms with Gasteiger partial charge >= 0.3 is 0 Å². The molecular weight excluding hydrogens is 436 g/mol. The average Bonchev–Trinajstić information content (AvgIpc) is 2.74. The van der Waals surface area contributed by atoms with E-state index >= 15 is 0 Å². The Morgan fingerprint density at radius 3 is 1.38 bits per heavy atom. The number of carbonyl (C=O) groups is 2. The third kappa shape index (κ3) is 9.80. The Labute approximate surface area is 206 Å². The fourth-order valence-electron chi connectivity index (χ4n) is 4.85. The lowest BCUT2D eigenvalue weighted by Crippen LogP contribution is -2.59. The molecule has 0 fully saturated rings. The van der Waals surface area contributed by atoms with Crippen molar-refractivity contribution in [3.8, 4) is 0 Å². The third-order valence-electron chi connectivity index (χ3n) is 7.51. The maximum Gasteiger partial charge on any atom is 0.252 e. The lowest BCUT2D eigenvalue weighted by Gasteiger charge is -2.41. The summed E-state index contributed by atoms with van der Waals surface area (Å²) in [5.74, 6) is -1.75. The van der Waals surface area contributed by atoms with Crippen molar-refractivity contribution in [2.24, 2.45) is 10.8 Å². The van der Waals surface area contributed by atoms with Gasteiger partial charge < -0.3 is 31.1 Å². The van der Waals surface area contributed by atoms with Gasteiger partial charge in [-0.05, 0) is 57.3 Å². The first-order valence-corrected chi connectivity index (χ1v) is 12.7. The predicted molar refractivity (Wildman–Crippen MR) is 135 cm³/mol. The van der Waals surface area contributed by atoms with Gasteiger partial charge in [0.2, 0.25) is 0 Å². The van der Waals surface area contributed by atoms with Crippen molar-refractivity contribution < 1.29 is 30.0 Å². The lowest BCUT2D eigenvalue weighted by molar-refractivity contribution is -0.157. The first kappa shape index (κ1) is 32.8. The molecule has 0 aliphatic heterocycles. The van der Waals surface area contributed by atoms with Crippen molar-refractivity contribution in [3.05, 3.63) is 0 Å². The zero-order valence-corrected chi connectivity index (χ0v) is 23.2. The standard InChI is InChI=1S/C26H52N2O6/c1-11-25(9,12-2)16-23(5,6)15-24(7,8)27-21(33)19(31)17(29)18(30)20(32)22(34)28-26(10,13-3)14-4/h17-20,29-32H,11-16H2,1-10H3,(H,27,33)(H,28,34)/t17-,18+,19+,20-/m1/s1. The van der Waals surface area contributed by atoms with Crippen molar-refractivity contribution in [1.29, 1.82) is 0 Å². The minimum Gasteiger partial charge on any atom is -0.387 e. The van der Waals surface area contributed by atoms with Gasteiger partial charge in [0.05, 0.1) is 0 Å². The van der Waals surface area contributed by atoms with Crippen LogP contribution in [0.25, 0.3) is 0 Å². The highest BCUT2D eigenvalue weighted by Crippen LogP contribution is 2.42. The van der Waals surface area contributed by atoms with Crippen LogP contribution < -0.4 is 10.6 Å². The summed E-state index contributed by atoms with van der Waals surface area (Å²) in [6.45, 7) is 20.1. The van der Waals surface area contributed by atoms with E-state index in [4.69, 9.17) is 0 Å². The molecule has 0 saturated carbocycles. The van der Waals surface area contributed by atoms with E-state index in [0.29, 0.717) is 19.3 Å². The minimum absolute atomic E-state index is 0.0971. The molecule has 0 aliphatic carbocycles. The molecule has 8 nitrogen and oxygen atoms in total. The topological polar surface area (TPSA) is 139 Å². The molecule has 0 radical (unpaired) electrons. The highest BCUT2D eigenvalue weighted by molar-refractivity contribution is 5.84. The average molecular weight is 489 g/mol. The maximum absolute atomic E-state index is 12.7. The van der Waals surface area contributed by atoms with Crippen LogP contribution in [0.1, 0.15) is 108 Å². The number of rotatable bonds is 15. The van der Waals surface area contributed by atoms with Crippen LogP contribution in [0.5, 0.6) is 0 Å². The molecule has 0 rings (SSSR count). The molecule has 0 aromatic rings. The number of hydrogen-bond donors (Lipinski definition) is 6. The van der Waals surface area contributed by atoms with Crippen molar-refractivity contribution >= 4 is 11.8 Å². The van der Waals surface area contributed by atoms with Crippen molar-refractivity contribution in [3.63, 3.8) is 0 Å². The smallest absolute Gasteiger partial charge is 0.252 e. The van der Waals surface area contributed by atoms with E-state index < -0.39 is 47.3 Å². The zero-order valence-electron chi connectivity index (χ0n) is 23.2. The Bertz CT molecular complexity index is 656. The zero-order chi connectivity index (χ0) is 27.1. The molecule has 0 unspecified atom stereocenters. The highest BCUT2D eigenvalue weighted by Gasteiger charge is 2.41.